The highest BCUT2D eigenvalue weighted by molar-refractivity contribution is 14.0. The van der Waals surface area contributed by atoms with Gasteiger partial charge in [0.05, 0.1) is 0 Å². The van der Waals surface area contributed by atoms with Gasteiger partial charge in [-0.15, -0.1) is 24.0 Å². The van der Waals surface area contributed by atoms with Crippen molar-refractivity contribution in [3.8, 4) is 5.75 Å². The lowest BCUT2D eigenvalue weighted by molar-refractivity contribution is 0.129. The number of guanidine groups is 1. The van der Waals surface area contributed by atoms with E-state index in [1.54, 1.807) is 7.05 Å². The summed E-state index contributed by atoms with van der Waals surface area (Å²) in [5.41, 5.74) is 3.31. The molecule has 0 spiro atoms. The van der Waals surface area contributed by atoms with Gasteiger partial charge in [0.1, 0.15) is 17.2 Å². The van der Waals surface area contributed by atoms with Crippen molar-refractivity contribution in [3.05, 3.63) is 83.4 Å². The third-order valence-corrected chi connectivity index (χ3v) is 4.79. The number of aliphatic imine (C=N–C) groups is 1. The molecular formula is C25H34IN5O. The summed E-state index contributed by atoms with van der Waals surface area (Å²) in [4.78, 5) is 8.65. The lowest BCUT2D eigenvalue weighted by Crippen LogP contribution is -2.36. The van der Waals surface area contributed by atoms with E-state index in [9.17, 15) is 0 Å². The van der Waals surface area contributed by atoms with E-state index in [0.717, 1.165) is 29.6 Å². The molecule has 1 aromatic heterocycles. The van der Waals surface area contributed by atoms with Gasteiger partial charge < -0.3 is 19.9 Å². The number of nitrogens with one attached hydrogen (secondary N) is 2. The van der Waals surface area contributed by atoms with Crippen LogP contribution in [0.4, 0.5) is 0 Å². The maximum absolute atomic E-state index is 6.09. The average molecular weight is 547 g/mol. The van der Waals surface area contributed by atoms with Crippen LogP contribution in [0.5, 0.6) is 5.75 Å². The third-order valence-electron chi connectivity index (χ3n) is 4.79. The number of imidazole rings is 1. The van der Waals surface area contributed by atoms with E-state index >= 15 is 0 Å². The van der Waals surface area contributed by atoms with E-state index in [-0.39, 0.29) is 29.6 Å². The molecular weight excluding hydrogens is 513 g/mol. The number of halogens is 1. The highest BCUT2D eigenvalue weighted by Gasteiger charge is 2.14. The van der Waals surface area contributed by atoms with Gasteiger partial charge in [0.25, 0.3) is 0 Å². The van der Waals surface area contributed by atoms with Crippen molar-refractivity contribution in [1.82, 2.24) is 20.2 Å². The molecule has 172 valence electrons. The first kappa shape index (κ1) is 25.7. The number of hydrogen-bond acceptors (Lipinski definition) is 3. The second-order valence-electron chi connectivity index (χ2n) is 8.52. The van der Waals surface area contributed by atoms with Gasteiger partial charge in [-0.1, -0.05) is 42.5 Å². The lowest BCUT2D eigenvalue weighted by atomic mass is 10.1. The molecule has 3 rings (SSSR count). The first-order chi connectivity index (χ1) is 14.8. The molecule has 3 aromatic rings. The highest BCUT2D eigenvalue weighted by Crippen LogP contribution is 2.22. The number of rotatable bonds is 7. The first-order valence-electron chi connectivity index (χ1n) is 10.6. The van der Waals surface area contributed by atoms with Crippen LogP contribution in [0.2, 0.25) is 0 Å². The molecule has 7 heteroatoms. The Hall–Kier alpha value is -2.55. The second kappa shape index (κ2) is 11.9. The Morgan fingerprint density at radius 3 is 2.44 bits per heavy atom. The second-order valence-corrected chi connectivity index (χ2v) is 8.52. The van der Waals surface area contributed by atoms with Crippen LogP contribution in [0, 0.1) is 6.92 Å². The van der Waals surface area contributed by atoms with Crippen molar-refractivity contribution in [2.75, 3.05) is 7.05 Å². The van der Waals surface area contributed by atoms with Crippen LogP contribution in [-0.2, 0) is 19.6 Å². The molecule has 6 nitrogen and oxygen atoms in total. The zero-order chi connectivity index (χ0) is 22.3. The zero-order valence-corrected chi connectivity index (χ0v) is 21.9. The van der Waals surface area contributed by atoms with Crippen LogP contribution in [0.1, 0.15) is 43.3 Å². The number of ether oxygens (including phenoxy) is 1. The fourth-order valence-corrected chi connectivity index (χ4v) is 3.27. The summed E-state index contributed by atoms with van der Waals surface area (Å²) >= 11 is 0. The Labute approximate surface area is 208 Å². The van der Waals surface area contributed by atoms with Crippen LogP contribution in [0.15, 0.2) is 65.9 Å². The van der Waals surface area contributed by atoms with Crippen LogP contribution in [-0.4, -0.2) is 28.2 Å². The Morgan fingerprint density at radius 1 is 1.03 bits per heavy atom. The van der Waals surface area contributed by atoms with Crippen LogP contribution >= 0.6 is 24.0 Å². The molecule has 0 saturated carbocycles. The smallest absolute Gasteiger partial charge is 0.191 e. The molecule has 0 unspecified atom stereocenters. The number of nitrogens with zero attached hydrogens (tertiary/aromatic N) is 3. The van der Waals surface area contributed by atoms with Crippen molar-refractivity contribution in [1.29, 1.82) is 0 Å². The predicted octanol–water partition coefficient (Wildman–Crippen LogP) is 4.90. The lowest BCUT2D eigenvalue weighted by Gasteiger charge is -2.23. The van der Waals surface area contributed by atoms with Crippen LogP contribution < -0.4 is 15.4 Å². The predicted molar refractivity (Wildman–Crippen MR) is 142 cm³/mol. The Kier molecular flexibility index (Phi) is 9.56. The van der Waals surface area contributed by atoms with Crippen molar-refractivity contribution < 1.29 is 4.74 Å². The summed E-state index contributed by atoms with van der Waals surface area (Å²) < 4.78 is 8.23. The SMILES string of the molecule is CN=C(NCc1cccc(Cn2ccnc2C)c1)NCc1ccccc1OC(C)(C)C.I. The fourth-order valence-electron chi connectivity index (χ4n) is 3.27. The standard InChI is InChI=1S/C25H33N5O.HI/c1-19-27-13-14-30(19)18-21-10-8-9-20(15-21)16-28-24(26-5)29-17-22-11-6-7-12-23(22)31-25(2,3)4;/h6-15H,16-18H2,1-5H3,(H2,26,28,29);1H. The zero-order valence-electron chi connectivity index (χ0n) is 19.6. The average Bonchev–Trinajstić information content (AvgIpc) is 3.13. The van der Waals surface area contributed by atoms with Crippen molar-refractivity contribution in [2.24, 2.45) is 4.99 Å². The minimum atomic E-state index is -0.240. The van der Waals surface area contributed by atoms with Gasteiger partial charge in [0, 0.05) is 44.6 Å². The summed E-state index contributed by atoms with van der Waals surface area (Å²) in [6.45, 7) is 10.3. The summed E-state index contributed by atoms with van der Waals surface area (Å²) in [6.07, 6.45) is 3.84. The minimum absolute atomic E-state index is 0. The number of para-hydroxylation sites is 1. The van der Waals surface area contributed by atoms with Gasteiger partial charge in [-0.2, -0.15) is 0 Å². The van der Waals surface area contributed by atoms with Gasteiger partial charge in [-0.3, -0.25) is 4.99 Å². The maximum atomic E-state index is 6.09. The molecule has 1 heterocycles. The molecule has 0 aliphatic heterocycles. The Morgan fingerprint density at radius 2 is 1.75 bits per heavy atom. The van der Waals surface area contributed by atoms with Gasteiger partial charge in [0.2, 0.25) is 0 Å². The number of benzene rings is 2. The minimum Gasteiger partial charge on any atom is -0.488 e. The third kappa shape index (κ3) is 7.85. The monoisotopic (exact) mass is 547 g/mol. The Bertz CT molecular complexity index is 1020. The van der Waals surface area contributed by atoms with Crippen LogP contribution in [0.3, 0.4) is 0 Å². The summed E-state index contributed by atoms with van der Waals surface area (Å²) in [6, 6.07) is 16.7. The van der Waals surface area contributed by atoms with Gasteiger partial charge in [-0.25, -0.2) is 4.98 Å². The molecule has 0 bridgehead atoms. The van der Waals surface area contributed by atoms with Crippen molar-refractivity contribution >= 4 is 29.9 Å². The maximum Gasteiger partial charge on any atom is 0.191 e. The largest absolute Gasteiger partial charge is 0.488 e. The quantitative estimate of drug-likeness (QED) is 0.251. The summed E-state index contributed by atoms with van der Waals surface area (Å²) in [5.74, 6) is 2.66. The topological polar surface area (TPSA) is 63.5 Å². The van der Waals surface area contributed by atoms with E-state index in [1.165, 1.54) is 11.1 Å². The molecule has 32 heavy (non-hydrogen) atoms. The fraction of sp³-hybridized carbons (Fsp3) is 0.360. The number of aromatic nitrogens is 2. The molecule has 0 saturated heterocycles. The van der Waals surface area contributed by atoms with Crippen molar-refractivity contribution in [2.45, 2.75) is 52.9 Å². The number of aryl methyl sites for hydroxylation is 1. The molecule has 2 aromatic carbocycles. The normalized spacial score (nSPS) is 11.6. The molecule has 0 fully saturated rings. The molecule has 0 aliphatic rings. The molecule has 0 amide bonds. The van der Waals surface area contributed by atoms with Gasteiger partial charge in [0.15, 0.2) is 5.96 Å². The van der Waals surface area contributed by atoms with Crippen molar-refractivity contribution in [3.63, 3.8) is 0 Å². The van der Waals surface area contributed by atoms with E-state index in [4.69, 9.17) is 4.74 Å². The van der Waals surface area contributed by atoms with Gasteiger partial charge in [-0.05, 0) is 44.9 Å². The highest BCUT2D eigenvalue weighted by atomic mass is 127. The van der Waals surface area contributed by atoms with E-state index in [0.29, 0.717) is 13.1 Å². The molecule has 2 N–H and O–H groups in total. The van der Waals surface area contributed by atoms with E-state index in [1.807, 2.05) is 37.5 Å². The van der Waals surface area contributed by atoms with E-state index in [2.05, 4.69) is 76.3 Å². The molecule has 0 radical (unpaired) electrons. The molecule has 0 atom stereocenters. The summed E-state index contributed by atoms with van der Waals surface area (Å²) in [5, 5.41) is 6.79. The van der Waals surface area contributed by atoms with E-state index < -0.39 is 0 Å². The first-order valence-corrected chi connectivity index (χ1v) is 10.6. The summed E-state index contributed by atoms with van der Waals surface area (Å²) in [7, 11) is 1.78. The van der Waals surface area contributed by atoms with Gasteiger partial charge >= 0.3 is 0 Å². The number of hydrogen-bond donors (Lipinski definition) is 2. The Balaban J connectivity index is 0.00000363. The molecule has 0 aliphatic carbocycles. The van der Waals surface area contributed by atoms with Crippen LogP contribution in [0.25, 0.3) is 0 Å².